The number of halogens is 4. The molecule has 2 aromatic rings. The van der Waals surface area contributed by atoms with Crippen LogP contribution in [-0.4, -0.2) is 38.7 Å². The predicted octanol–water partition coefficient (Wildman–Crippen LogP) is 3.37. The minimum absolute atomic E-state index is 0. The summed E-state index contributed by atoms with van der Waals surface area (Å²) in [5, 5.41) is 2.63. The molecule has 1 aliphatic rings. The second-order valence-corrected chi connectivity index (χ2v) is 8.64. The van der Waals surface area contributed by atoms with Gasteiger partial charge in [0.1, 0.15) is 11.9 Å². The number of benzene rings is 2. The Kier molecular flexibility index (Phi) is 7.14. The maximum Gasteiger partial charge on any atom is 0.277 e. The molecule has 0 radical (unpaired) electrons. The topological polar surface area (TPSA) is 58.2 Å². The quantitative estimate of drug-likeness (QED) is 0.733. The molecule has 0 aliphatic carbocycles. The van der Waals surface area contributed by atoms with E-state index in [0.29, 0.717) is 11.1 Å². The lowest BCUT2D eigenvalue weighted by atomic mass is 9.96. The fraction of sp³-hybridized carbons (Fsp3) is 0.368. The van der Waals surface area contributed by atoms with Gasteiger partial charge in [0.2, 0.25) is 10.0 Å². The fourth-order valence-electron chi connectivity index (χ4n) is 3.24. The van der Waals surface area contributed by atoms with Gasteiger partial charge in [-0.1, -0.05) is 48.5 Å². The molecule has 0 amide bonds. The Bertz CT molecular complexity index is 911. The molecule has 1 saturated heterocycles. The van der Waals surface area contributed by atoms with Gasteiger partial charge >= 0.3 is 0 Å². The van der Waals surface area contributed by atoms with Gasteiger partial charge in [0.15, 0.2) is 0 Å². The third-order valence-electron chi connectivity index (χ3n) is 4.75. The van der Waals surface area contributed by atoms with Gasteiger partial charge in [-0.05, 0) is 24.5 Å². The molecule has 1 aliphatic heterocycles. The van der Waals surface area contributed by atoms with Crippen LogP contribution in [-0.2, 0) is 16.4 Å². The largest absolute Gasteiger partial charge is 0.306 e. The van der Waals surface area contributed by atoms with Gasteiger partial charge in [-0.25, -0.2) is 26.3 Å². The lowest BCUT2D eigenvalue weighted by molar-refractivity contribution is -0.000879. The third kappa shape index (κ3) is 4.86. The van der Waals surface area contributed by atoms with Crippen LogP contribution in [0.3, 0.4) is 0 Å². The van der Waals surface area contributed by atoms with Gasteiger partial charge in [0, 0.05) is 11.6 Å². The van der Waals surface area contributed by atoms with Crippen molar-refractivity contribution in [3.8, 4) is 11.1 Å². The summed E-state index contributed by atoms with van der Waals surface area (Å²) in [7, 11) is -3.82. The van der Waals surface area contributed by atoms with Crippen molar-refractivity contribution in [2.75, 3.05) is 12.3 Å². The highest BCUT2D eigenvalue weighted by molar-refractivity contribution is 7.89. The average molecular weight is 435 g/mol. The average Bonchev–Trinajstić information content (AvgIpc) is 2.91. The van der Waals surface area contributed by atoms with Crippen molar-refractivity contribution in [3.05, 3.63) is 59.9 Å². The van der Waals surface area contributed by atoms with Crippen LogP contribution in [0, 0.1) is 5.82 Å². The number of alkyl halides is 2. The molecule has 0 bridgehead atoms. The zero-order chi connectivity index (χ0) is 19.7. The monoisotopic (exact) mass is 434 g/mol. The van der Waals surface area contributed by atoms with Crippen LogP contribution >= 0.6 is 12.4 Å². The third-order valence-corrected chi connectivity index (χ3v) is 6.12. The maximum absolute atomic E-state index is 15.0. The van der Waals surface area contributed by atoms with Gasteiger partial charge in [-0.3, -0.25) is 0 Å². The second kappa shape index (κ2) is 8.82. The molecule has 3 rings (SSSR count). The lowest BCUT2D eigenvalue weighted by Crippen LogP contribution is -2.51. The number of rotatable bonds is 6. The molecule has 2 aromatic carbocycles. The minimum Gasteiger partial charge on any atom is -0.306 e. The van der Waals surface area contributed by atoms with E-state index in [4.69, 9.17) is 0 Å². The molecule has 2 N–H and O–H groups in total. The summed E-state index contributed by atoms with van der Waals surface area (Å²) in [5.74, 6) is -4.04. The summed E-state index contributed by atoms with van der Waals surface area (Å²) in [6.45, 7) is 0.718. The van der Waals surface area contributed by atoms with E-state index in [1.165, 1.54) is 13.0 Å². The van der Waals surface area contributed by atoms with Crippen LogP contribution in [0.5, 0.6) is 0 Å². The molecular formula is C19H22ClF3N2O2S. The summed E-state index contributed by atoms with van der Waals surface area (Å²) < 4.78 is 69.0. The molecule has 0 aromatic heterocycles. The summed E-state index contributed by atoms with van der Waals surface area (Å²) in [4.78, 5) is 0. The first kappa shape index (κ1) is 22.7. The van der Waals surface area contributed by atoms with E-state index < -0.39 is 40.4 Å². The Labute approximate surface area is 169 Å². The van der Waals surface area contributed by atoms with E-state index in [1.54, 1.807) is 36.4 Å². The predicted molar refractivity (Wildman–Crippen MR) is 106 cm³/mol. The molecule has 2 atom stereocenters. The molecule has 154 valence electrons. The molecule has 0 spiro atoms. The summed E-state index contributed by atoms with van der Waals surface area (Å²) in [6.07, 6.45) is -0.0565. The Balaban J connectivity index is 0.00000280. The standard InChI is InChI=1S/C19H21F3N2O2S.ClH/c1-2-27(25,26)24-18-16(23-12-19(18,21)22)11-14-9-6-10-15(17(14)20)13-7-4-3-5-8-13;/h3-10,16,18,23-24H,2,11-12H2,1H3;1H/t16-,18+;/m0./s1. The first-order valence-electron chi connectivity index (χ1n) is 8.67. The zero-order valence-electron chi connectivity index (χ0n) is 15.2. The van der Waals surface area contributed by atoms with Gasteiger partial charge in [0.05, 0.1) is 12.3 Å². The number of hydrogen-bond donors (Lipinski definition) is 2. The SMILES string of the molecule is CCS(=O)(=O)N[C@@H]1[C@H](Cc2cccc(-c3ccccc3)c2F)NCC1(F)F.Cl. The molecule has 28 heavy (non-hydrogen) atoms. The first-order chi connectivity index (χ1) is 12.7. The van der Waals surface area contributed by atoms with E-state index in [2.05, 4.69) is 10.0 Å². The molecular weight excluding hydrogens is 413 g/mol. The van der Waals surface area contributed by atoms with Crippen molar-refractivity contribution in [3.63, 3.8) is 0 Å². The van der Waals surface area contributed by atoms with Crippen molar-refractivity contribution in [1.82, 2.24) is 10.0 Å². The minimum atomic E-state index is -3.82. The number of hydrogen-bond acceptors (Lipinski definition) is 3. The summed E-state index contributed by atoms with van der Waals surface area (Å²) >= 11 is 0. The van der Waals surface area contributed by atoms with Crippen LogP contribution in [0.2, 0.25) is 0 Å². The molecule has 1 heterocycles. The molecule has 0 saturated carbocycles. The Hall–Kier alpha value is -1.61. The van der Waals surface area contributed by atoms with Crippen LogP contribution in [0.25, 0.3) is 11.1 Å². The van der Waals surface area contributed by atoms with Crippen molar-refractivity contribution in [2.45, 2.75) is 31.4 Å². The van der Waals surface area contributed by atoms with Gasteiger partial charge < -0.3 is 5.32 Å². The summed E-state index contributed by atoms with van der Waals surface area (Å²) in [5.41, 5.74) is 1.32. The van der Waals surface area contributed by atoms with Gasteiger partial charge in [-0.15, -0.1) is 12.4 Å². The van der Waals surface area contributed by atoms with Crippen LogP contribution in [0.4, 0.5) is 13.2 Å². The highest BCUT2D eigenvalue weighted by Gasteiger charge is 2.51. The van der Waals surface area contributed by atoms with E-state index in [1.807, 2.05) is 6.07 Å². The van der Waals surface area contributed by atoms with Crippen LogP contribution in [0.1, 0.15) is 12.5 Å². The highest BCUT2D eigenvalue weighted by atomic mass is 35.5. The zero-order valence-corrected chi connectivity index (χ0v) is 16.8. The number of sulfonamides is 1. The first-order valence-corrected chi connectivity index (χ1v) is 10.3. The van der Waals surface area contributed by atoms with Crippen LogP contribution in [0.15, 0.2) is 48.5 Å². The normalized spacial score (nSPS) is 21.3. The van der Waals surface area contributed by atoms with Gasteiger partial charge in [0.25, 0.3) is 5.92 Å². The van der Waals surface area contributed by atoms with E-state index in [9.17, 15) is 21.6 Å². The Morgan fingerprint density at radius 1 is 1.14 bits per heavy atom. The van der Waals surface area contributed by atoms with Crippen LogP contribution < -0.4 is 10.0 Å². The van der Waals surface area contributed by atoms with E-state index in [-0.39, 0.29) is 30.1 Å². The lowest BCUT2D eigenvalue weighted by Gasteiger charge is -2.24. The molecule has 9 heteroatoms. The molecule has 0 unspecified atom stereocenters. The van der Waals surface area contributed by atoms with Crippen molar-refractivity contribution >= 4 is 22.4 Å². The van der Waals surface area contributed by atoms with Crippen molar-refractivity contribution < 1.29 is 21.6 Å². The Morgan fingerprint density at radius 2 is 1.82 bits per heavy atom. The maximum atomic E-state index is 15.0. The summed E-state index contributed by atoms with van der Waals surface area (Å²) in [6, 6.07) is 11.2. The molecule has 1 fully saturated rings. The smallest absolute Gasteiger partial charge is 0.277 e. The fourth-order valence-corrected chi connectivity index (χ4v) is 4.13. The number of nitrogens with one attached hydrogen (secondary N) is 2. The van der Waals surface area contributed by atoms with E-state index in [0.717, 1.165) is 0 Å². The van der Waals surface area contributed by atoms with Gasteiger partial charge in [-0.2, -0.15) is 0 Å². The van der Waals surface area contributed by atoms with Crippen molar-refractivity contribution in [2.24, 2.45) is 0 Å². The van der Waals surface area contributed by atoms with Crippen molar-refractivity contribution in [1.29, 1.82) is 0 Å². The highest BCUT2D eigenvalue weighted by Crippen LogP contribution is 2.31. The molecule has 4 nitrogen and oxygen atoms in total. The second-order valence-electron chi connectivity index (χ2n) is 6.60. The van der Waals surface area contributed by atoms with E-state index >= 15 is 0 Å². The Morgan fingerprint density at radius 3 is 2.46 bits per heavy atom.